The molecule has 2 aromatic carbocycles. The summed E-state index contributed by atoms with van der Waals surface area (Å²) in [5.41, 5.74) is 3.61. The zero-order valence-electron chi connectivity index (χ0n) is 28.5. The third-order valence-corrected chi connectivity index (χ3v) is 13.3. The molecule has 2 aromatic heterocycles. The normalized spacial score (nSPS) is 17.2. The molecule has 1 aliphatic heterocycles. The number of ether oxygens (including phenoxy) is 4. The van der Waals surface area contributed by atoms with Gasteiger partial charge in [-0.2, -0.15) is 10.1 Å². The van der Waals surface area contributed by atoms with Crippen molar-refractivity contribution in [2.24, 2.45) is 0 Å². The Morgan fingerprint density at radius 3 is 2.54 bits per heavy atom. The first-order valence-electron chi connectivity index (χ1n) is 16.6. The maximum atomic E-state index is 6.68. The minimum atomic E-state index is -2.04. The Bertz CT molecular complexity index is 1550. The maximum absolute atomic E-state index is 6.68. The SMILES string of the molecule is CC(CCOC(C)COc1nccc(-c2nn(C3CCCCO3)c3ccc(O[Si](C)(C)C(C)(C)C)cc23)n1)OCc1ccccc1. The van der Waals surface area contributed by atoms with Gasteiger partial charge in [0.1, 0.15) is 18.1 Å². The first-order valence-corrected chi connectivity index (χ1v) is 19.5. The van der Waals surface area contributed by atoms with Gasteiger partial charge in [-0.15, -0.1) is 0 Å². The van der Waals surface area contributed by atoms with Crippen LogP contribution in [0.4, 0.5) is 0 Å². The van der Waals surface area contributed by atoms with Crippen molar-refractivity contribution in [1.82, 2.24) is 19.7 Å². The summed E-state index contributed by atoms with van der Waals surface area (Å²) in [5.74, 6) is 0.848. The Morgan fingerprint density at radius 1 is 1.00 bits per heavy atom. The number of benzene rings is 2. The van der Waals surface area contributed by atoms with Crippen LogP contribution in [-0.4, -0.2) is 60.1 Å². The van der Waals surface area contributed by atoms with Crippen molar-refractivity contribution < 1.29 is 23.4 Å². The highest BCUT2D eigenvalue weighted by atomic mass is 28.4. The van der Waals surface area contributed by atoms with Gasteiger partial charge in [0.25, 0.3) is 0 Å². The number of rotatable bonds is 14. The molecular weight excluding hydrogens is 597 g/mol. The third-order valence-electron chi connectivity index (χ3n) is 8.91. The van der Waals surface area contributed by atoms with Gasteiger partial charge in [-0.3, -0.25) is 0 Å². The van der Waals surface area contributed by atoms with Crippen LogP contribution in [0.25, 0.3) is 22.3 Å². The first kappa shape index (κ1) is 34.0. The lowest BCUT2D eigenvalue weighted by molar-refractivity contribution is -0.0365. The molecule has 0 saturated carbocycles. The van der Waals surface area contributed by atoms with E-state index in [4.69, 9.17) is 33.5 Å². The van der Waals surface area contributed by atoms with Crippen molar-refractivity contribution in [3.63, 3.8) is 0 Å². The van der Waals surface area contributed by atoms with Crippen molar-refractivity contribution in [3.05, 3.63) is 66.4 Å². The van der Waals surface area contributed by atoms with E-state index < -0.39 is 8.32 Å². The van der Waals surface area contributed by atoms with E-state index >= 15 is 0 Å². The van der Waals surface area contributed by atoms with E-state index in [0.717, 1.165) is 54.6 Å². The molecule has 0 bridgehead atoms. The van der Waals surface area contributed by atoms with E-state index in [-0.39, 0.29) is 29.5 Å². The van der Waals surface area contributed by atoms with Gasteiger partial charge in [0.05, 0.1) is 30.0 Å². The van der Waals surface area contributed by atoms with E-state index in [1.165, 1.54) is 5.56 Å². The van der Waals surface area contributed by atoms with Gasteiger partial charge >= 0.3 is 6.01 Å². The Hall–Kier alpha value is -3.31. The highest BCUT2D eigenvalue weighted by Gasteiger charge is 2.39. The quantitative estimate of drug-likeness (QED) is 0.126. The van der Waals surface area contributed by atoms with Gasteiger partial charge < -0.3 is 23.4 Å². The highest BCUT2D eigenvalue weighted by Crippen LogP contribution is 2.39. The molecule has 0 aliphatic carbocycles. The molecule has 248 valence electrons. The zero-order chi connectivity index (χ0) is 32.7. The second-order valence-corrected chi connectivity index (χ2v) is 18.5. The lowest BCUT2D eigenvalue weighted by atomic mass is 10.1. The molecule has 9 nitrogen and oxygen atoms in total. The molecule has 3 atom stereocenters. The van der Waals surface area contributed by atoms with E-state index in [0.29, 0.717) is 25.5 Å². The summed E-state index contributed by atoms with van der Waals surface area (Å²) < 4.78 is 32.8. The van der Waals surface area contributed by atoms with Crippen LogP contribution in [0, 0.1) is 0 Å². The average Bonchev–Trinajstić information content (AvgIpc) is 3.42. The van der Waals surface area contributed by atoms with Crippen molar-refractivity contribution in [3.8, 4) is 23.1 Å². The van der Waals surface area contributed by atoms with Crippen LogP contribution in [0.15, 0.2) is 60.8 Å². The molecular formula is C36H50N4O5Si. The van der Waals surface area contributed by atoms with Crippen molar-refractivity contribution >= 4 is 19.2 Å². The monoisotopic (exact) mass is 646 g/mol. The molecule has 1 aliphatic rings. The Kier molecular flexibility index (Phi) is 11.1. The summed E-state index contributed by atoms with van der Waals surface area (Å²) >= 11 is 0. The molecule has 5 rings (SSSR count). The van der Waals surface area contributed by atoms with Crippen LogP contribution >= 0.6 is 0 Å². The van der Waals surface area contributed by atoms with Crippen LogP contribution in [0.2, 0.25) is 18.1 Å². The molecule has 10 heteroatoms. The van der Waals surface area contributed by atoms with Gasteiger partial charge in [0.15, 0.2) is 6.23 Å². The number of hydrogen-bond acceptors (Lipinski definition) is 8. The highest BCUT2D eigenvalue weighted by molar-refractivity contribution is 6.74. The van der Waals surface area contributed by atoms with Crippen molar-refractivity contribution in [1.29, 1.82) is 0 Å². The van der Waals surface area contributed by atoms with Crippen molar-refractivity contribution in [2.45, 2.75) is 103 Å². The fourth-order valence-corrected chi connectivity index (χ4v) is 6.09. The van der Waals surface area contributed by atoms with Gasteiger partial charge in [0.2, 0.25) is 8.32 Å². The smallest absolute Gasteiger partial charge is 0.317 e. The Labute approximate surface area is 274 Å². The molecule has 46 heavy (non-hydrogen) atoms. The molecule has 4 aromatic rings. The minimum absolute atomic E-state index is 0.0824. The number of aromatic nitrogens is 4. The fourth-order valence-electron chi connectivity index (χ4n) is 5.07. The second-order valence-electron chi connectivity index (χ2n) is 13.8. The van der Waals surface area contributed by atoms with Gasteiger partial charge in [-0.25, -0.2) is 9.67 Å². The standard InChI is InChI=1S/C36H50N4O5Si/c1-26(43-25-28-13-9-8-10-14-28)19-22-41-27(2)24-44-35-37-20-18-31(38-35)34-30-23-29(45-46(6,7)36(3,4)5)16-17-32(30)40(39-34)33-15-11-12-21-42-33/h8-10,13-14,16-18,20,23,26-27,33H,11-12,15,19,21-22,24-25H2,1-7H3. The molecule has 0 radical (unpaired) electrons. The van der Waals surface area contributed by atoms with Crippen molar-refractivity contribution in [2.75, 3.05) is 19.8 Å². The summed E-state index contributed by atoms with van der Waals surface area (Å²) in [6, 6.07) is 18.6. The lowest BCUT2D eigenvalue weighted by Gasteiger charge is -2.36. The van der Waals surface area contributed by atoms with Crippen LogP contribution < -0.4 is 9.16 Å². The summed E-state index contributed by atoms with van der Waals surface area (Å²) in [6.07, 6.45) is 5.47. The summed E-state index contributed by atoms with van der Waals surface area (Å²) in [7, 11) is -2.04. The third kappa shape index (κ3) is 8.73. The lowest BCUT2D eigenvalue weighted by Crippen LogP contribution is -2.43. The van der Waals surface area contributed by atoms with Crippen LogP contribution in [0.5, 0.6) is 11.8 Å². The van der Waals surface area contributed by atoms with Gasteiger partial charge in [0, 0.05) is 24.8 Å². The van der Waals surface area contributed by atoms with Crippen LogP contribution in [-0.2, 0) is 20.8 Å². The van der Waals surface area contributed by atoms with Crippen LogP contribution in [0.3, 0.4) is 0 Å². The van der Waals surface area contributed by atoms with E-state index in [2.05, 4.69) is 76.1 Å². The molecule has 0 N–H and O–H groups in total. The van der Waals surface area contributed by atoms with Gasteiger partial charge in [-0.1, -0.05) is 51.1 Å². The number of hydrogen-bond donors (Lipinski definition) is 0. The number of nitrogens with zero attached hydrogens (tertiary/aromatic N) is 4. The molecule has 1 fully saturated rings. The number of fused-ring (bicyclic) bond motifs is 1. The summed E-state index contributed by atoms with van der Waals surface area (Å²) in [4.78, 5) is 9.15. The predicted molar refractivity (Wildman–Crippen MR) is 184 cm³/mol. The summed E-state index contributed by atoms with van der Waals surface area (Å²) in [6.45, 7) is 17.6. The summed E-state index contributed by atoms with van der Waals surface area (Å²) in [5, 5.41) is 6.11. The van der Waals surface area contributed by atoms with E-state index in [9.17, 15) is 0 Å². The first-order chi connectivity index (χ1) is 22.0. The topological polar surface area (TPSA) is 89.8 Å². The zero-order valence-corrected chi connectivity index (χ0v) is 29.5. The van der Waals surface area contributed by atoms with E-state index in [1.807, 2.05) is 35.9 Å². The maximum Gasteiger partial charge on any atom is 0.317 e. The average molecular weight is 647 g/mol. The molecule has 3 unspecified atom stereocenters. The van der Waals surface area contributed by atoms with Gasteiger partial charge in [-0.05, 0) is 87.5 Å². The molecule has 3 heterocycles. The Balaban J connectivity index is 1.26. The second kappa shape index (κ2) is 15.1. The van der Waals surface area contributed by atoms with E-state index in [1.54, 1.807) is 6.20 Å². The molecule has 1 saturated heterocycles. The Morgan fingerprint density at radius 2 is 1.80 bits per heavy atom. The minimum Gasteiger partial charge on any atom is -0.543 e. The largest absolute Gasteiger partial charge is 0.543 e. The molecule has 0 amide bonds. The predicted octanol–water partition coefficient (Wildman–Crippen LogP) is 8.36. The fraction of sp³-hybridized carbons (Fsp3) is 0.528. The van der Waals surface area contributed by atoms with Crippen LogP contribution in [0.1, 0.15) is 72.1 Å². The molecule has 0 spiro atoms.